The van der Waals surface area contributed by atoms with E-state index in [-0.39, 0.29) is 11.3 Å². The lowest BCUT2D eigenvalue weighted by molar-refractivity contribution is 0.0650. The first-order valence-corrected chi connectivity index (χ1v) is 6.16. The quantitative estimate of drug-likeness (QED) is 0.754. The van der Waals surface area contributed by atoms with Crippen molar-refractivity contribution in [2.45, 2.75) is 26.7 Å². The maximum Gasteiger partial charge on any atom is 0.272 e. The smallest absolute Gasteiger partial charge is 0.272 e. The van der Waals surface area contributed by atoms with E-state index in [1.807, 2.05) is 18.7 Å². The van der Waals surface area contributed by atoms with Crippen LogP contribution < -0.4 is 0 Å². The standard InChI is InChI=1S/C13H18N4O/c1-10-8-11(16(3)15-10)12(18)17-6-4-13(2,9-14)5-7-17/h8H,4-7H2,1-3H3. The minimum atomic E-state index is -0.279. The maximum absolute atomic E-state index is 12.3. The molecule has 5 nitrogen and oxygen atoms in total. The molecule has 1 aromatic heterocycles. The van der Waals surface area contributed by atoms with Crippen LogP contribution in [0.5, 0.6) is 0 Å². The molecule has 1 aliphatic heterocycles. The normalized spacial score (nSPS) is 18.4. The number of piperidine rings is 1. The third-order valence-electron chi connectivity index (χ3n) is 3.65. The van der Waals surface area contributed by atoms with Crippen LogP contribution in [-0.2, 0) is 7.05 Å². The van der Waals surface area contributed by atoms with Crippen molar-refractivity contribution in [3.05, 3.63) is 17.5 Å². The molecule has 96 valence electrons. The van der Waals surface area contributed by atoms with Crippen molar-refractivity contribution in [2.24, 2.45) is 12.5 Å². The lowest BCUT2D eigenvalue weighted by Crippen LogP contribution is -2.42. The number of aryl methyl sites for hydroxylation is 2. The van der Waals surface area contributed by atoms with Gasteiger partial charge in [-0.1, -0.05) is 0 Å². The Kier molecular flexibility index (Phi) is 3.12. The number of hydrogen-bond donors (Lipinski definition) is 0. The van der Waals surface area contributed by atoms with Crippen LogP contribution in [0.3, 0.4) is 0 Å². The Morgan fingerprint density at radius 2 is 2.11 bits per heavy atom. The van der Waals surface area contributed by atoms with Gasteiger partial charge >= 0.3 is 0 Å². The van der Waals surface area contributed by atoms with Crippen LogP contribution in [-0.4, -0.2) is 33.7 Å². The SMILES string of the molecule is Cc1cc(C(=O)N2CCC(C)(C#N)CC2)n(C)n1. The summed E-state index contributed by atoms with van der Waals surface area (Å²) >= 11 is 0. The molecule has 5 heteroatoms. The van der Waals surface area contributed by atoms with Crippen LogP contribution in [0.25, 0.3) is 0 Å². The summed E-state index contributed by atoms with van der Waals surface area (Å²) in [6.45, 7) is 5.13. The van der Waals surface area contributed by atoms with Crippen LogP contribution in [0.2, 0.25) is 0 Å². The van der Waals surface area contributed by atoms with Crippen molar-refractivity contribution in [1.29, 1.82) is 5.26 Å². The average molecular weight is 246 g/mol. The van der Waals surface area contributed by atoms with Crippen molar-refractivity contribution in [1.82, 2.24) is 14.7 Å². The molecule has 1 saturated heterocycles. The highest BCUT2D eigenvalue weighted by Gasteiger charge is 2.32. The fourth-order valence-corrected chi connectivity index (χ4v) is 2.29. The fourth-order valence-electron chi connectivity index (χ4n) is 2.29. The Morgan fingerprint density at radius 3 is 2.56 bits per heavy atom. The number of nitriles is 1. The van der Waals surface area contributed by atoms with Gasteiger partial charge in [-0.05, 0) is 32.8 Å². The van der Waals surface area contributed by atoms with E-state index in [0.29, 0.717) is 18.8 Å². The van der Waals surface area contributed by atoms with Gasteiger partial charge in [-0.3, -0.25) is 9.48 Å². The zero-order valence-electron chi connectivity index (χ0n) is 11.1. The Labute approximate surface area is 107 Å². The van der Waals surface area contributed by atoms with Gasteiger partial charge in [0.05, 0.1) is 17.2 Å². The second-order valence-electron chi connectivity index (χ2n) is 5.26. The minimum Gasteiger partial charge on any atom is -0.337 e. The van der Waals surface area contributed by atoms with Gasteiger partial charge < -0.3 is 4.90 Å². The third kappa shape index (κ3) is 2.23. The second kappa shape index (κ2) is 4.45. The lowest BCUT2D eigenvalue weighted by atomic mass is 9.82. The molecule has 0 bridgehead atoms. The van der Waals surface area contributed by atoms with Crippen molar-refractivity contribution in [2.75, 3.05) is 13.1 Å². The number of hydrogen-bond acceptors (Lipinski definition) is 3. The minimum absolute atomic E-state index is 0.0121. The monoisotopic (exact) mass is 246 g/mol. The maximum atomic E-state index is 12.3. The molecule has 2 rings (SSSR count). The summed E-state index contributed by atoms with van der Waals surface area (Å²) in [5.41, 5.74) is 1.19. The zero-order chi connectivity index (χ0) is 13.3. The molecule has 18 heavy (non-hydrogen) atoms. The number of carbonyl (C=O) groups excluding carboxylic acids is 1. The van der Waals surface area contributed by atoms with Crippen LogP contribution >= 0.6 is 0 Å². The Morgan fingerprint density at radius 1 is 1.50 bits per heavy atom. The molecular formula is C13H18N4O. The van der Waals surface area contributed by atoms with Gasteiger partial charge in [0, 0.05) is 20.1 Å². The van der Waals surface area contributed by atoms with E-state index in [0.717, 1.165) is 18.5 Å². The Bertz CT molecular complexity index is 504. The zero-order valence-corrected chi connectivity index (χ0v) is 11.1. The Balaban J connectivity index is 2.09. The molecule has 0 spiro atoms. The molecule has 0 aromatic carbocycles. The van der Waals surface area contributed by atoms with Crippen LogP contribution in [0, 0.1) is 23.7 Å². The Hall–Kier alpha value is -1.83. The predicted octanol–water partition coefficient (Wildman–Crippen LogP) is 1.49. The van der Waals surface area contributed by atoms with E-state index in [1.54, 1.807) is 17.8 Å². The molecule has 1 aliphatic rings. The number of rotatable bonds is 1. The van der Waals surface area contributed by atoms with Gasteiger partial charge in [-0.15, -0.1) is 0 Å². The number of carbonyl (C=O) groups is 1. The number of aromatic nitrogens is 2. The fraction of sp³-hybridized carbons (Fsp3) is 0.615. The second-order valence-corrected chi connectivity index (χ2v) is 5.26. The molecule has 0 atom stereocenters. The van der Waals surface area contributed by atoms with E-state index in [2.05, 4.69) is 11.2 Å². The predicted molar refractivity (Wildman–Crippen MR) is 66.8 cm³/mol. The summed E-state index contributed by atoms with van der Waals surface area (Å²) in [7, 11) is 1.78. The number of likely N-dealkylation sites (tertiary alicyclic amines) is 1. The summed E-state index contributed by atoms with van der Waals surface area (Å²) in [4.78, 5) is 14.1. The van der Waals surface area contributed by atoms with Crippen LogP contribution in [0.15, 0.2) is 6.07 Å². The van der Waals surface area contributed by atoms with Crippen molar-refractivity contribution < 1.29 is 4.79 Å². The van der Waals surface area contributed by atoms with E-state index in [1.165, 1.54) is 0 Å². The van der Waals surface area contributed by atoms with Gasteiger partial charge in [-0.2, -0.15) is 10.4 Å². The van der Waals surface area contributed by atoms with Gasteiger partial charge in [0.1, 0.15) is 5.69 Å². The van der Waals surface area contributed by atoms with Crippen molar-refractivity contribution >= 4 is 5.91 Å². The summed E-state index contributed by atoms with van der Waals surface area (Å²) in [6, 6.07) is 4.15. The van der Waals surface area contributed by atoms with Gasteiger partial charge in [-0.25, -0.2) is 0 Å². The molecule has 1 amide bonds. The van der Waals surface area contributed by atoms with E-state index < -0.39 is 0 Å². The molecule has 1 aromatic rings. The summed E-state index contributed by atoms with van der Waals surface area (Å²) in [6.07, 6.45) is 1.48. The molecule has 1 fully saturated rings. The molecule has 0 radical (unpaired) electrons. The topological polar surface area (TPSA) is 61.9 Å². The third-order valence-corrected chi connectivity index (χ3v) is 3.65. The first-order chi connectivity index (χ1) is 8.45. The number of nitrogens with zero attached hydrogens (tertiary/aromatic N) is 4. The van der Waals surface area contributed by atoms with Crippen molar-refractivity contribution in [3.8, 4) is 6.07 Å². The average Bonchev–Trinajstić information content (AvgIpc) is 2.69. The largest absolute Gasteiger partial charge is 0.337 e. The summed E-state index contributed by atoms with van der Waals surface area (Å²) in [5.74, 6) is 0.0121. The number of amides is 1. The highest BCUT2D eigenvalue weighted by atomic mass is 16.2. The van der Waals surface area contributed by atoms with Crippen LogP contribution in [0.4, 0.5) is 0 Å². The summed E-state index contributed by atoms with van der Waals surface area (Å²) in [5, 5.41) is 13.3. The molecule has 0 saturated carbocycles. The highest BCUT2D eigenvalue weighted by molar-refractivity contribution is 5.92. The molecule has 0 unspecified atom stereocenters. The van der Waals surface area contributed by atoms with Gasteiger partial charge in [0.15, 0.2) is 0 Å². The van der Waals surface area contributed by atoms with Gasteiger partial charge in [0.25, 0.3) is 5.91 Å². The summed E-state index contributed by atoms with van der Waals surface area (Å²) < 4.78 is 1.62. The van der Waals surface area contributed by atoms with E-state index in [4.69, 9.17) is 5.26 Å². The highest BCUT2D eigenvalue weighted by Crippen LogP contribution is 2.30. The first-order valence-electron chi connectivity index (χ1n) is 6.16. The lowest BCUT2D eigenvalue weighted by Gasteiger charge is -2.34. The molecular weight excluding hydrogens is 228 g/mol. The van der Waals surface area contributed by atoms with Crippen molar-refractivity contribution in [3.63, 3.8) is 0 Å². The molecule has 2 heterocycles. The molecule has 0 aliphatic carbocycles. The first kappa shape index (κ1) is 12.6. The van der Waals surface area contributed by atoms with Gasteiger partial charge in [0.2, 0.25) is 0 Å². The van der Waals surface area contributed by atoms with Crippen LogP contribution in [0.1, 0.15) is 35.9 Å². The molecule has 0 N–H and O–H groups in total. The van der Waals surface area contributed by atoms with E-state index in [9.17, 15) is 4.79 Å². The van der Waals surface area contributed by atoms with E-state index >= 15 is 0 Å².